The molecule has 0 radical (unpaired) electrons. The summed E-state index contributed by atoms with van der Waals surface area (Å²) in [7, 11) is -3.82. The van der Waals surface area contributed by atoms with Crippen LogP contribution in [0.4, 0.5) is 5.69 Å². The van der Waals surface area contributed by atoms with Crippen LogP contribution in [0.25, 0.3) is 0 Å². The standard InChI is InChI=1S/C24H31Cl2N3O4S/c1-5-6-13-27-24(31)18(3)28(15-19-8-11-20(25)12-9-19)23(30)16-29(34(4,32)33)22-14-21(26)10-7-17(22)2/h7-12,14,18H,5-6,13,15-16H2,1-4H3,(H,27,31)/t18-/m0/s1. The summed E-state index contributed by atoms with van der Waals surface area (Å²) >= 11 is 12.1. The zero-order valence-electron chi connectivity index (χ0n) is 19.8. The number of benzene rings is 2. The quantitative estimate of drug-likeness (QED) is 0.438. The van der Waals surface area contributed by atoms with E-state index in [1.54, 1.807) is 50.2 Å². The molecule has 186 valence electrons. The van der Waals surface area contributed by atoms with Crippen LogP contribution in [0.1, 0.15) is 37.8 Å². The van der Waals surface area contributed by atoms with E-state index in [1.165, 1.54) is 11.0 Å². The highest BCUT2D eigenvalue weighted by Gasteiger charge is 2.30. The van der Waals surface area contributed by atoms with E-state index in [0.29, 0.717) is 27.8 Å². The Bertz CT molecular complexity index is 1110. The van der Waals surface area contributed by atoms with E-state index in [4.69, 9.17) is 23.2 Å². The molecule has 2 rings (SSSR count). The minimum atomic E-state index is -3.82. The maximum atomic E-state index is 13.5. The van der Waals surface area contributed by atoms with E-state index in [0.717, 1.165) is 29.0 Å². The summed E-state index contributed by atoms with van der Waals surface area (Å²) in [5.41, 5.74) is 1.72. The third kappa shape index (κ3) is 7.89. The molecule has 0 fully saturated rings. The number of rotatable bonds is 11. The maximum Gasteiger partial charge on any atom is 0.244 e. The summed E-state index contributed by atoms with van der Waals surface area (Å²) in [6.07, 6.45) is 2.77. The summed E-state index contributed by atoms with van der Waals surface area (Å²) in [6, 6.07) is 11.0. The van der Waals surface area contributed by atoms with Crippen molar-refractivity contribution in [1.82, 2.24) is 10.2 Å². The molecule has 0 aliphatic heterocycles. The highest BCUT2D eigenvalue weighted by atomic mass is 35.5. The predicted octanol–water partition coefficient (Wildman–Crippen LogP) is 4.40. The molecule has 7 nitrogen and oxygen atoms in total. The number of nitrogens with zero attached hydrogens (tertiary/aromatic N) is 2. The fraction of sp³-hybridized carbons (Fsp3) is 0.417. The van der Waals surface area contributed by atoms with Crippen LogP contribution in [0, 0.1) is 6.92 Å². The zero-order chi connectivity index (χ0) is 25.5. The molecule has 0 aromatic heterocycles. The molecule has 0 spiro atoms. The van der Waals surface area contributed by atoms with Gasteiger partial charge in [-0.05, 0) is 55.7 Å². The lowest BCUT2D eigenvalue weighted by atomic mass is 10.1. The predicted molar refractivity (Wildman–Crippen MR) is 138 cm³/mol. The third-order valence-electron chi connectivity index (χ3n) is 5.38. The second-order valence-corrected chi connectivity index (χ2v) is 10.9. The van der Waals surface area contributed by atoms with Gasteiger partial charge in [0.2, 0.25) is 21.8 Å². The second kappa shape index (κ2) is 12.4. The number of amides is 2. The first-order valence-corrected chi connectivity index (χ1v) is 13.6. The smallest absolute Gasteiger partial charge is 0.244 e. The van der Waals surface area contributed by atoms with Crippen LogP contribution in [-0.4, -0.2) is 50.5 Å². The minimum absolute atomic E-state index is 0.116. The van der Waals surface area contributed by atoms with Gasteiger partial charge in [-0.3, -0.25) is 13.9 Å². The van der Waals surface area contributed by atoms with Crippen LogP contribution < -0.4 is 9.62 Å². The van der Waals surface area contributed by atoms with E-state index in [2.05, 4.69) is 5.32 Å². The monoisotopic (exact) mass is 527 g/mol. The normalized spacial score (nSPS) is 12.2. The average molecular weight is 529 g/mol. The van der Waals surface area contributed by atoms with Gasteiger partial charge in [0.25, 0.3) is 0 Å². The number of unbranched alkanes of at least 4 members (excludes halogenated alkanes) is 1. The number of carbonyl (C=O) groups is 2. The molecule has 34 heavy (non-hydrogen) atoms. The molecular weight excluding hydrogens is 497 g/mol. The Morgan fingerprint density at radius 3 is 2.26 bits per heavy atom. The number of anilines is 1. The Hall–Kier alpha value is -2.29. The van der Waals surface area contributed by atoms with Crippen molar-refractivity contribution in [3.8, 4) is 0 Å². The SMILES string of the molecule is CCCCNC(=O)[C@H](C)N(Cc1ccc(Cl)cc1)C(=O)CN(c1cc(Cl)ccc1C)S(C)(=O)=O. The molecule has 0 saturated heterocycles. The summed E-state index contributed by atoms with van der Waals surface area (Å²) < 4.78 is 26.3. The molecule has 0 unspecified atom stereocenters. The lowest BCUT2D eigenvalue weighted by Crippen LogP contribution is -2.51. The van der Waals surface area contributed by atoms with Crippen LogP contribution in [0.3, 0.4) is 0 Å². The van der Waals surface area contributed by atoms with E-state index in [9.17, 15) is 18.0 Å². The average Bonchev–Trinajstić information content (AvgIpc) is 2.77. The lowest BCUT2D eigenvalue weighted by Gasteiger charge is -2.32. The number of halogens is 2. The zero-order valence-corrected chi connectivity index (χ0v) is 22.2. The molecule has 0 aliphatic rings. The molecule has 10 heteroatoms. The van der Waals surface area contributed by atoms with Crippen LogP contribution >= 0.6 is 23.2 Å². The summed E-state index contributed by atoms with van der Waals surface area (Å²) in [5.74, 6) is -0.821. The van der Waals surface area contributed by atoms with E-state index in [1.807, 2.05) is 6.92 Å². The first-order chi connectivity index (χ1) is 15.9. The van der Waals surface area contributed by atoms with Gasteiger partial charge in [-0.25, -0.2) is 8.42 Å². The largest absolute Gasteiger partial charge is 0.354 e. The third-order valence-corrected chi connectivity index (χ3v) is 7.00. The molecule has 1 N–H and O–H groups in total. The highest BCUT2D eigenvalue weighted by Crippen LogP contribution is 2.26. The van der Waals surface area contributed by atoms with E-state index in [-0.39, 0.29) is 12.5 Å². The number of carbonyl (C=O) groups excluding carboxylic acids is 2. The lowest BCUT2D eigenvalue weighted by molar-refractivity contribution is -0.139. The van der Waals surface area contributed by atoms with Crippen LogP contribution in [0.15, 0.2) is 42.5 Å². The van der Waals surface area contributed by atoms with Crippen molar-refractivity contribution in [3.63, 3.8) is 0 Å². The van der Waals surface area contributed by atoms with Crippen molar-refractivity contribution in [3.05, 3.63) is 63.6 Å². The van der Waals surface area contributed by atoms with E-state index >= 15 is 0 Å². The van der Waals surface area contributed by atoms with Gasteiger partial charge in [-0.1, -0.05) is 54.7 Å². The Labute approximate surface area is 212 Å². The van der Waals surface area contributed by atoms with Gasteiger partial charge in [0.1, 0.15) is 12.6 Å². The Kier molecular flexibility index (Phi) is 10.2. The van der Waals surface area contributed by atoms with Crippen molar-refractivity contribution in [1.29, 1.82) is 0 Å². The van der Waals surface area contributed by atoms with Gasteiger partial charge < -0.3 is 10.2 Å². The Morgan fingerprint density at radius 2 is 1.68 bits per heavy atom. The van der Waals surface area contributed by atoms with Crippen molar-refractivity contribution in [2.24, 2.45) is 0 Å². The fourth-order valence-electron chi connectivity index (χ4n) is 3.35. The van der Waals surface area contributed by atoms with Gasteiger partial charge in [0, 0.05) is 23.1 Å². The number of sulfonamides is 1. The molecule has 0 heterocycles. The molecule has 0 saturated carbocycles. The van der Waals surface area contributed by atoms with Gasteiger partial charge in [0.15, 0.2) is 0 Å². The molecule has 2 amide bonds. The molecule has 0 aliphatic carbocycles. The minimum Gasteiger partial charge on any atom is -0.354 e. The van der Waals surface area contributed by atoms with Crippen molar-refractivity contribution >= 4 is 50.7 Å². The molecule has 0 bridgehead atoms. The fourth-order valence-corrected chi connectivity index (χ4v) is 4.54. The number of aryl methyl sites for hydroxylation is 1. The number of nitrogens with one attached hydrogen (secondary N) is 1. The Balaban J connectivity index is 2.38. The van der Waals surface area contributed by atoms with Gasteiger partial charge >= 0.3 is 0 Å². The number of hydrogen-bond donors (Lipinski definition) is 1. The summed E-state index contributed by atoms with van der Waals surface area (Å²) in [4.78, 5) is 27.7. The highest BCUT2D eigenvalue weighted by molar-refractivity contribution is 7.92. The van der Waals surface area contributed by atoms with Crippen LogP contribution in [0.2, 0.25) is 10.0 Å². The Morgan fingerprint density at radius 1 is 1.06 bits per heavy atom. The van der Waals surface area contributed by atoms with Crippen LogP contribution in [-0.2, 0) is 26.2 Å². The number of hydrogen-bond acceptors (Lipinski definition) is 4. The van der Waals surface area contributed by atoms with Crippen LogP contribution in [0.5, 0.6) is 0 Å². The van der Waals surface area contributed by atoms with E-state index < -0.39 is 28.5 Å². The maximum absolute atomic E-state index is 13.5. The van der Waals surface area contributed by atoms with Gasteiger partial charge in [-0.15, -0.1) is 0 Å². The molecule has 2 aromatic rings. The van der Waals surface area contributed by atoms with Crippen molar-refractivity contribution in [2.75, 3.05) is 23.7 Å². The van der Waals surface area contributed by atoms with Crippen molar-refractivity contribution in [2.45, 2.75) is 46.2 Å². The molecule has 1 atom stereocenters. The van der Waals surface area contributed by atoms with Gasteiger partial charge in [-0.2, -0.15) is 0 Å². The second-order valence-electron chi connectivity index (χ2n) is 8.17. The van der Waals surface area contributed by atoms with Crippen molar-refractivity contribution < 1.29 is 18.0 Å². The summed E-state index contributed by atoms with van der Waals surface area (Å²) in [6.45, 7) is 5.53. The molecule has 2 aromatic carbocycles. The first-order valence-electron chi connectivity index (χ1n) is 11.0. The topological polar surface area (TPSA) is 86.8 Å². The summed E-state index contributed by atoms with van der Waals surface area (Å²) in [5, 5.41) is 3.74. The first kappa shape index (κ1) is 28.0. The van der Waals surface area contributed by atoms with Gasteiger partial charge in [0.05, 0.1) is 11.9 Å². The molecular formula is C24H31Cl2N3O4S.